The largest absolute Gasteiger partial charge is 0.309 e. The van der Waals surface area contributed by atoms with Gasteiger partial charge in [-0.15, -0.1) is 11.3 Å². The first-order valence-corrected chi connectivity index (χ1v) is 8.53. The minimum Gasteiger partial charge on any atom is -0.309 e. The van der Waals surface area contributed by atoms with Crippen LogP contribution in [0.5, 0.6) is 0 Å². The van der Waals surface area contributed by atoms with Crippen molar-refractivity contribution >= 4 is 11.3 Å². The molecule has 2 rings (SSSR count). The van der Waals surface area contributed by atoms with Crippen LogP contribution >= 0.6 is 11.3 Å². The fourth-order valence-electron chi connectivity index (χ4n) is 3.10. The molecule has 1 saturated carbocycles. The second-order valence-electron chi connectivity index (χ2n) is 6.63. The first-order chi connectivity index (χ1) is 9.03. The van der Waals surface area contributed by atoms with Crippen LogP contribution in [0.1, 0.15) is 63.4 Å². The van der Waals surface area contributed by atoms with Crippen LogP contribution < -0.4 is 5.32 Å². The molecule has 1 N–H and O–H groups in total. The third-order valence-electron chi connectivity index (χ3n) is 5.14. The molecule has 1 aliphatic rings. The highest BCUT2D eigenvalue weighted by atomic mass is 32.1. The SMILES string of the molecule is CCC(C)(C)C1CCC(NCc2scnc2C)CC1. The summed E-state index contributed by atoms with van der Waals surface area (Å²) in [5.41, 5.74) is 3.67. The minimum absolute atomic E-state index is 0.527. The van der Waals surface area contributed by atoms with E-state index in [0.29, 0.717) is 11.5 Å². The van der Waals surface area contributed by atoms with E-state index < -0.39 is 0 Å². The molecule has 0 radical (unpaired) electrons. The molecule has 0 spiro atoms. The van der Waals surface area contributed by atoms with Gasteiger partial charge < -0.3 is 5.32 Å². The number of nitrogens with one attached hydrogen (secondary N) is 1. The van der Waals surface area contributed by atoms with E-state index in [-0.39, 0.29) is 0 Å². The molecule has 108 valence electrons. The summed E-state index contributed by atoms with van der Waals surface area (Å²) in [6, 6.07) is 0.713. The first-order valence-electron chi connectivity index (χ1n) is 7.65. The van der Waals surface area contributed by atoms with Crippen molar-refractivity contribution in [3.8, 4) is 0 Å². The van der Waals surface area contributed by atoms with E-state index in [4.69, 9.17) is 0 Å². The number of nitrogens with zero attached hydrogens (tertiary/aromatic N) is 1. The van der Waals surface area contributed by atoms with Gasteiger partial charge in [0.2, 0.25) is 0 Å². The average Bonchev–Trinajstić information content (AvgIpc) is 2.82. The van der Waals surface area contributed by atoms with Crippen LogP contribution in [0.3, 0.4) is 0 Å². The van der Waals surface area contributed by atoms with Gasteiger partial charge in [0.15, 0.2) is 0 Å². The van der Waals surface area contributed by atoms with Crippen molar-refractivity contribution in [2.24, 2.45) is 11.3 Å². The lowest BCUT2D eigenvalue weighted by molar-refractivity contribution is 0.137. The van der Waals surface area contributed by atoms with Crippen molar-refractivity contribution in [3.63, 3.8) is 0 Å². The second-order valence-corrected chi connectivity index (χ2v) is 7.57. The molecular formula is C16H28N2S. The van der Waals surface area contributed by atoms with Crippen LogP contribution in [0.15, 0.2) is 5.51 Å². The summed E-state index contributed by atoms with van der Waals surface area (Å²) in [6.45, 7) is 10.3. The van der Waals surface area contributed by atoms with Crippen molar-refractivity contribution in [1.82, 2.24) is 10.3 Å². The van der Waals surface area contributed by atoms with Gasteiger partial charge in [0.25, 0.3) is 0 Å². The molecule has 3 heteroatoms. The molecule has 1 aromatic heterocycles. The van der Waals surface area contributed by atoms with Crippen LogP contribution in [-0.2, 0) is 6.54 Å². The zero-order valence-electron chi connectivity index (χ0n) is 12.8. The minimum atomic E-state index is 0.527. The van der Waals surface area contributed by atoms with Crippen LogP contribution in [0.4, 0.5) is 0 Å². The molecule has 0 atom stereocenters. The highest BCUT2D eigenvalue weighted by Crippen LogP contribution is 2.40. The molecule has 0 amide bonds. The van der Waals surface area contributed by atoms with Crippen molar-refractivity contribution in [1.29, 1.82) is 0 Å². The summed E-state index contributed by atoms with van der Waals surface area (Å²) in [6.07, 6.45) is 6.76. The van der Waals surface area contributed by atoms with Gasteiger partial charge in [-0.1, -0.05) is 27.2 Å². The normalized spacial score (nSPS) is 24.6. The summed E-state index contributed by atoms with van der Waals surface area (Å²) in [4.78, 5) is 5.71. The standard InChI is InChI=1S/C16H28N2S/c1-5-16(3,4)13-6-8-14(9-7-13)17-10-15-12(2)18-11-19-15/h11,13-14,17H,5-10H2,1-4H3. The Morgan fingerprint density at radius 3 is 2.53 bits per heavy atom. The van der Waals surface area contributed by atoms with Gasteiger partial charge in [0.1, 0.15) is 0 Å². The summed E-state index contributed by atoms with van der Waals surface area (Å²) in [7, 11) is 0. The summed E-state index contributed by atoms with van der Waals surface area (Å²) in [5.74, 6) is 0.917. The first kappa shape index (κ1) is 15.0. The lowest BCUT2D eigenvalue weighted by Crippen LogP contribution is -2.36. The van der Waals surface area contributed by atoms with Gasteiger partial charge in [0.05, 0.1) is 11.2 Å². The molecule has 0 aliphatic heterocycles. The van der Waals surface area contributed by atoms with E-state index in [9.17, 15) is 0 Å². The smallest absolute Gasteiger partial charge is 0.0798 e. The number of hydrogen-bond donors (Lipinski definition) is 1. The lowest BCUT2D eigenvalue weighted by Gasteiger charge is -2.39. The Morgan fingerprint density at radius 1 is 1.32 bits per heavy atom. The maximum Gasteiger partial charge on any atom is 0.0798 e. The molecule has 0 saturated heterocycles. The maximum absolute atomic E-state index is 4.31. The van der Waals surface area contributed by atoms with Crippen LogP contribution in [0.25, 0.3) is 0 Å². The third-order valence-corrected chi connectivity index (χ3v) is 6.07. The number of aromatic nitrogens is 1. The van der Waals surface area contributed by atoms with E-state index in [1.54, 1.807) is 11.3 Å². The Kier molecular flexibility index (Phi) is 5.02. The molecular weight excluding hydrogens is 252 g/mol. The molecule has 0 aromatic carbocycles. The summed E-state index contributed by atoms with van der Waals surface area (Å²) >= 11 is 1.77. The predicted molar refractivity (Wildman–Crippen MR) is 83.5 cm³/mol. The Morgan fingerprint density at radius 2 is 2.00 bits per heavy atom. The number of hydrogen-bond acceptors (Lipinski definition) is 3. The Labute approximate surface area is 122 Å². The molecule has 0 unspecified atom stereocenters. The van der Waals surface area contributed by atoms with Gasteiger partial charge in [-0.05, 0) is 43.9 Å². The zero-order chi connectivity index (χ0) is 13.9. The molecule has 2 nitrogen and oxygen atoms in total. The van der Waals surface area contributed by atoms with Crippen LogP contribution in [0.2, 0.25) is 0 Å². The maximum atomic E-state index is 4.31. The van der Waals surface area contributed by atoms with Gasteiger partial charge in [-0.25, -0.2) is 4.98 Å². The van der Waals surface area contributed by atoms with Gasteiger partial charge in [-0.2, -0.15) is 0 Å². The van der Waals surface area contributed by atoms with Crippen molar-refractivity contribution in [2.45, 2.75) is 72.4 Å². The fourth-order valence-corrected chi connectivity index (χ4v) is 3.83. The van der Waals surface area contributed by atoms with Crippen molar-refractivity contribution in [3.05, 3.63) is 16.1 Å². The van der Waals surface area contributed by atoms with E-state index >= 15 is 0 Å². The Balaban J connectivity index is 1.76. The predicted octanol–water partition coefficient (Wildman–Crippen LogP) is 4.54. The van der Waals surface area contributed by atoms with E-state index in [1.807, 2.05) is 5.51 Å². The van der Waals surface area contributed by atoms with Gasteiger partial charge >= 0.3 is 0 Å². The molecule has 0 bridgehead atoms. The quantitative estimate of drug-likeness (QED) is 0.856. The zero-order valence-corrected chi connectivity index (χ0v) is 13.6. The highest BCUT2D eigenvalue weighted by molar-refractivity contribution is 7.09. The Bertz CT molecular complexity index is 389. The average molecular weight is 280 g/mol. The summed E-state index contributed by atoms with van der Waals surface area (Å²) < 4.78 is 0. The molecule has 19 heavy (non-hydrogen) atoms. The molecule has 1 heterocycles. The monoisotopic (exact) mass is 280 g/mol. The van der Waals surface area contributed by atoms with E-state index in [2.05, 4.69) is 38.0 Å². The van der Waals surface area contributed by atoms with E-state index in [0.717, 1.165) is 12.5 Å². The lowest BCUT2D eigenvalue weighted by atomic mass is 9.69. The van der Waals surface area contributed by atoms with Crippen molar-refractivity contribution < 1.29 is 0 Å². The molecule has 1 aliphatic carbocycles. The van der Waals surface area contributed by atoms with Gasteiger partial charge in [-0.3, -0.25) is 0 Å². The molecule has 1 fully saturated rings. The third kappa shape index (κ3) is 3.79. The number of thiazole rings is 1. The van der Waals surface area contributed by atoms with Crippen LogP contribution in [-0.4, -0.2) is 11.0 Å². The van der Waals surface area contributed by atoms with Gasteiger partial charge in [0, 0.05) is 17.5 Å². The fraction of sp³-hybridized carbons (Fsp3) is 0.812. The number of rotatable bonds is 5. The topological polar surface area (TPSA) is 24.9 Å². The number of aryl methyl sites for hydroxylation is 1. The summed E-state index contributed by atoms with van der Waals surface area (Å²) in [5, 5.41) is 3.73. The van der Waals surface area contributed by atoms with E-state index in [1.165, 1.54) is 42.7 Å². The highest BCUT2D eigenvalue weighted by Gasteiger charge is 2.31. The second kappa shape index (κ2) is 6.36. The van der Waals surface area contributed by atoms with Crippen molar-refractivity contribution in [2.75, 3.05) is 0 Å². The Hall–Kier alpha value is -0.410. The van der Waals surface area contributed by atoms with Crippen LogP contribution in [0, 0.1) is 18.3 Å². The molecule has 1 aromatic rings.